The zero-order chi connectivity index (χ0) is 12.1. The largest absolute Gasteiger partial charge is 0.383 e. The van der Waals surface area contributed by atoms with Crippen molar-refractivity contribution >= 4 is 16.5 Å². The van der Waals surface area contributed by atoms with Crippen LogP contribution in [0.15, 0.2) is 5.38 Å². The normalized spacial score (nSPS) is 15.2. The van der Waals surface area contributed by atoms with Crippen molar-refractivity contribution in [1.82, 2.24) is 10.3 Å². The SMILES string of the molecule is COCCNCCc1csc(N(C)C2CC2)n1. The third-order valence-corrected chi connectivity index (χ3v) is 3.96. The number of aromatic nitrogens is 1. The number of nitrogens with zero attached hydrogens (tertiary/aromatic N) is 2. The first kappa shape index (κ1) is 12.8. The number of rotatable bonds is 8. The quantitative estimate of drug-likeness (QED) is 0.715. The lowest BCUT2D eigenvalue weighted by Crippen LogP contribution is -2.22. The maximum absolute atomic E-state index is 4.98. The third kappa shape index (κ3) is 3.94. The first-order chi connectivity index (χ1) is 8.31. The molecule has 1 N–H and O–H groups in total. The summed E-state index contributed by atoms with van der Waals surface area (Å²) >= 11 is 1.76. The van der Waals surface area contributed by atoms with E-state index in [1.807, 2.05) is 0 Å². The van der Waals surface area contributed by atoms with Gasteiger partial charge in [0.05, 0.1) is 12.3 Å². The van der Waals surface area contributed by atoms with E-state index in [0.717, 1.165) is 32.2 Å². The summed E-state index contributed by atoms with van der Waals surface area (Å²) in [5.74, 6) is 0. The maximum atomic E-state index is 4.98. The lowest BCUT2D eigenvalue weighted by atomic mass is 10.3. The molecule has 0 aromatic carbocycles. The molecule has 1 aliphatic carbocycles. The molecule has 0 atom stereocenters. The van der Waals surface area contributed by atoms with E-state index in [1.165, 1.54) is 23.7 Å². The summed E-state index contributed by atoms with van der Waals surface area (Å²) in [6, 6.07) is 0.744. The Morgan fingerprint density at radius 2 is 2.35 bits per heavy atom. The number of methoxy groups -OCH3 is 1. The van der Waals surface area contributed by atoms with Crippen LogP contribution in [0.2, 0.25) is 0 Å². The Labute approximate surface area is 107 Å². The van der Waals surface area contributed by atoms with E-state index in [-0.39, 0.29) is 0 Å². The highest BCUT2D eigenvalue weighted by molar-refractivity contribution is 7.13. The van der Waals surface area contributed by atoms with Crippen LogP contribution in [0.4, 0.5) is 5.13 Å². The number of hydrogen-bond donors (Lipinski definition) is 1. The summed E-state index contributed by atoms with van der Waals surface area (Å²) in [6.45, 7) is 2.65. The highest BCUT2D eigenvalue weighted by Crippen LogP contribution is 2.31. The van der Waals surface area contributed by atoms with Crippen LogP contribution in [-0.4, -0.2) is 44.9 Å². The van der Waals surface area contributed by atoms with Gasteiger partial charge in [0.25, 0.3) is 0 Å². The van der Waals surface area contributed by atoms with Gasteiger partial charge in [0, 0.05) is 45.1 Å². The van der Waals surface area contributed by atoms with Gasteiger partial charge in [-0.05, 0) is 12.8 Å². The van der Waals surface area contributed by atoms with Crippen molar-refractivity contribution < 1.29 is 4.74 Å². The smallest absolute Gasteiger partial charge is 0.185 e. The summed E-state index contributed by atoms with van der Waals surface area (Å²) in [7, 11) is 3.87. The van der Waals surface area contributed by atoms with Gasteiger partial charge in [-0.25, -0.2) is 4.98 Å². The Balaban J connectivity index is 1.70. The molecule has 4 nitrogen and oxygen atoms in total. The van der Waals surface area contributed by atoms with Crippen LogP contribution in [0, 0.1) is 0 Å². The second kappa shape index (κ2) is 6.33. The molecule has 0 aliphatic heterocycles. The van der Waals surface area contributed by atoms with Crippen molar-refractivity contribution in [3.63, 3.8) is 0 Å². The molecule has 0 amide bonds. The topological polar surface area (TPSA) is 37.4 Å². The van der Waals surface area contributed by atoms with E-state index in [9.17, 15) is 0 Å². The highest BCUT2D eigenvalue weighted by atomic mass is 32.1. The van der Waals surface area contributed by atoms with E-state index < -0.39 is 0 Å². The predicted molar refractivity (Wildman–Crippen MR) is 72.0 cm³/mol. The molecule has 0 radical (unpaired) electrons. The molecule has 1 aliphatic rings. The fraction of sp³-hybridized carbons (Fsp3) is 0.750. The van der Waals surface area contributed by atoms with Gasteiger partial charge in [-0.3, -0.25) is 0 Å². The molecule has 5 heteroatoms. The van der Waals surface area contributed by atoms with Crippen molar-refractivity contribution in [3.05, 3.63) is 11.1 Å². The molecule has 1 aromatic rings. The van der Waals surface area contributed by atoms with Gasteiger partial charge >= 0.3 is 0 Å². The Morgan fingerprint density at radius 3 is 3.06 bits per heavy atom. The van der Waals surface area contributed by atoms with Gasteiger partial charge in [0.2, 0.25) is 0 Å². The molecule has 1 heterocycles. The summed E-state index contributed by atoms with van der Waals surface area (Å²) < 4.78 is 4.98. The van der Waals surface area contributed by atoms with E-state index >= 15 is 0 Å². The average molecular weight is 255 g/mol. The molecule has 1 saturated carbocycles. The summed E-state index contributed by atoms with van der Waals surface area (Å²) in [5, 5.41) is 6.67. The van der Waals surface area contributed by atoms with Crippen LogP contribution in [0.1, 0.15) is 18.5 Å². The first-order valence-corrected chi connectivity index (χ1v) is 7.06. The van der Waals surface area contributed by atoms with Crippen LogP contribution in [0.3, 0.4) is 0 Å². The Morgan fingerprint density at radius 1 is 1.53 bits per heavy atom. The molecular weight excluding hydrogens is 234 g/mol. The molecule has 0 bridgehead atoms. The molecule has 17 heavy (non-hydrogen) atoms. The molecule has 1 fully saturated rings. The number of nitrogens with one attached hydrogen (secondary N) is 1. The number of hydrogen-bond acceptors (Lipinski definition) is 5. The maximum Gasteiger partial charge on any atom is 0.185 e. The highest BCUT2D eigenvalue weighted by Gasteiger charge is 2.27. The van der Waals surface area contributed by atoms with Gasteiger partial charge < -0.3 is 15.0 Å². The van der Waals surface area contributed by atoms with Gasteiger partial charge in [-0.15, -0.1) is 11.3 Å². The van der Waals surface area contributed by atoms with E-state index in [4.69, 9.17) is 4.74 Å². The first-order valence-electron chi connectivity index (χ1n) is 6.18. The number of thiazole rings is 1. The summed E-state index contributed by atoms with van der Waals surface area (Å²) in [4.78, 5) is 6.97. The molecule has 2 rings (SSSR count). The van der Waals surface area contributed by atoms with Gasteiger partial charge in [-0.1, -0.05) is 0 Å². The van der Waals surface area contributed by atoms with Gasteiger partial charge in [0.15, 0.2) is 5.13 Å². The monoisotopic (exact) mass is 255 g/mol. The zero-order valence-electron chi connectivity index (χ0n) is 10.6. The summed E-state index contributed by atoms with van der Waals surface area (Å²) in [5.41, 5.74) is 1.20. The summed E-state index contributed by atoms with van der Waals surface area (Å²) in [6.07, 6.45) is 3.65. The molecule has 1 aromatic heterocycles. The third-order valence-electron chi connectivity index (χ3n) is 2.98. The second-order valence-corrected chi connectivity index (χ2v) is 5.29. The zero-order valence-corrected chi connectivity index (χ0v) is 11.4. The molecule has 0 unspecified atom stereocenters. The fourth-order valence-electron chi connectivity index (χ4n) is 1.71. The number of anilines is 1. The van der Waals surface area contributed by atoms with Crippen molar-refractivity contribution in [1.29, 1.82) is 0 Å². The molecule has 0 spiro atoms. The molecular formula is C12H21N3OS. The van der Waals surface area contributed by atoms with Gasteiger partial charge in [-0.2, -0.15) is 0 Å². The van der Waals surface area contributed by atoms with Crippen LogP contribution in [0.25, 0.3) is 0 Å². The van der Waals surface area contributed by atoms with Crippen molar-refractivity contribution in [2.24, 2.45) is 0 Å². The van der Waals surface area contributed by atoms with E-state index in [1.54, 1.807) is 18.4 Å². The van der Waals surface area contributed by atoms with Gasteiger partial charge in [0.1, 0.15) is 0 Å². The van der Waals surface area contributed by atoms with Crippen LogP contribution >= 0.6 is 11.3 Å². The Bertz CT molecular complexity index is 338. The van der Waals surface area contributed by atoms with Crippen LogP contribution in [0.5, 0.6) is 0 Å². The minimum Gasteiger partial charge on any atom is -0.383 e. The second-order valence-electron chi connectivity index (χ2n) is 4.46. The average Bonchev–Trinajstić information content (AvgIpc) is 3.08. The number of ether oxygens (including phenoxy) is 1. The molecule has 96 valence electrons. The van der Waals surface area contributed by atoms with E-state index in [0.29, 0.717) is 0 Å². The van der Waals surface area contributed by atoms with E-state index in [2.05, 4.69) is 27.6 Å². The molecule has 0 saturated heterocycles. The fourth-order valence-corrected chi connectivity index (χ4v) is 2.60. The standard InChI is InChI=1S/C12H21N3OS/c1-15(11-3-4-11)12-14-10(9-17-12)5-6-13-7-8-16-2/h9,11,13H,3-8H2,1-2H3. The lowest BCUT2D eigenvalue weighted by Gasteiger charge is -2.13. The van der Waals surface area contributed by atoms with Crippen molar-refractivity contribution in [2.45, 2.75) is 25.3 Å². The van der Waals surface area contributed by atoms with Crippen LogP contribution < -0.4 is 10.2 Å². The van der Waals surface area contributed by atoms with Crippen LogP contribution in [-0.2, 0) is 11.2 Å². The van der Waals surface area contributed by atoms with Crippen molar-refractivity contribution in [2.75, 3.05) is 38.8 Å². The minimum absolute atomic E-state index is 0.744. The van der Waals surface area contributed by atoms with Crippen molar-refractivity contribution in [3.8, 4) is 0 Å². The Hall–Kier alpha value is -0.650. The Kier molecular flexibility index (Phi) is 4.76. The predicted octanol–water partition coefficient (Wildman–Crippen LogP) is 1.52. The minimum atomic E-state index is 0.744. The lowest BCUT2D eigenvalue weighted by molar-refractivity contribution is 0.199.